The second-order valence-electron chi connectivity index (χ2n) is 6.30. The molecule has 0 unspecified atom stereocenters. The molecule has 0 aromatic heterocycles. The van der Waals surface area contributed by atoms with Crippen molar-refractivity contribution in [3.05, 3.63) is 46.7 Å². The Labute approximate surface area is 157 Å². The lowest BCUT2D eigenvalue weighted by molar-refractivity contribution is -0.137. The SMILES string of the molecule is CC/C(N)=C(\C(=O)OCC(=O)c1c(F)cccc1F)C(N)=NCCC(C)C. The highest BCUT2D eigenvalue weighted by Gasteiger charge is 2.23. The van der Waals surface area contributed by atoms with E-state index in [9.17, 15) is 18.4 Å². The molecule has 1 aromatic carbocycles. The molecular weight excluding hydrogens is 356 g/mol. The molecule has 0 bridgehead atoms. The fourth-order valence-corrected chi connectivity index (χ4v) is 2.14. The lowest BCUT2D eigenvalue weighted by atomic mass is 10.1. The standard InChI is InChI=1S/C19H25F2N3O3/c1-4-14(22)17(18(23)24-9-8-11(2)3)19(26)27-10-15(25)16-12(20)6-5-7-13(16)21/h5-7,11H,4,8-10,22H2,1-3H3,(H2,23,24)/b17-14+. The Morgan fingerprint density at radius 1 is 1.19 bits per heavy atom. The lowest BCUT2D eigenvalue weighted by Crippen LogP contribution is -2.28. The number of hydrogen-bond donors (Lipinski definition) is 2. The van der Waals surface area contributed by atoms with Crippen LogP contribution in [0.3, 0.4) is 0 Å². The van der Waals surface area contributed by atoms with E-state index in [0.717, 1.165) is 24.6 Å². The van der Waals surface area contributed by atoms with Crippen LogP contribution in [0.25, 0.3) is 0 Å². The van der Waals surface area contributed by atoms with Gasteiger partial charge in [-0.25, -0.2) is 13.6 Å². The number of carbonyl (C=O) groups excluding carboxylic acids is 2. The van der Waals surface area contributed by atoms with Gasteiger partial charge in [-0.05, 0) is 30.9 Å². The topological polar surface area (TPSA) is 108 Å². The summed E-state index contributed by atoms with van der Waals surface area (Å²) in [5.41, 5.74) is 10.9. The number of benzene rings is 1. The van der Waals surface area contributed by atoms with Crippen LogP contribution >= 0.6 is 0 Å². The van der Waals surface area contributed by atoms with E-state index in [0.29, 0.717) is 18.9 Å². The van der Waals surface area contributed by atoms with Crippen LogP contribution in [0.1, 0.15) is 44.0 Å². The van der Waals surface area contributed by atoms with Gasteiger partial charge in [-0.3, -0.25) is 9.79 Å². The summed E-state index contributed by atoms with van der Waals surface area (Å²) >= 11 is 0. The first kappa shape index (κ1) is 22.3. The number of ether oxygens (including phenoxy) is 1. The third-order valence-electron chi connectivity index (χ3n) is 3.73. The fraction of sp³-hybridized carbons (Fsp3) is 0.421. The Bertz CT molecular complexity index is 738. The molecule has 0 radical (unpaired) electrons. The van der Waals surface area contributed by atoms with E-state index in [4.69, 9.17) is 16.2 Å². The maximum absolute atomic E-state index is 13.6. The molecule has 4 N–H and O–H groups in total. The zero-order valence-corrected chi connectivity index (χ0v) is 15.7. The summed E-state index contributed by atoms with van der Waals surface area (Å²) in [7, 11) is 0. The lowest BCUT2D eigenvalue weighted by Gasteiger charge is -2.11. The molecule has 0 saturated carbocycles. The van der Waals surface area contributed by atoms with Crippen LogP contribution in [-0.2, 0) is 9.53 Å². The minimum absolute atomic E-state index is 0.0930. The molecule has 1 aromatic rings. The number of rotatable bonds is 9. The van der Waals surface area contributed by atoms with E-state index >= 15 is 0 Å². The van der Waals surface area contributed by atoms with Gasteiger partial charge in [0.15, 0.2) is 6.61 Å². The van der Waals surface area contributed by atoms with Gasteiger partial charge in [0.25, 0.3) is 0 Å². The summed E-state index contributed by atoms with van der Waals surface area (Å²) in [5.74, 6) is -3.74. The van der Waals surface area contributed by atoms with Gasteiger partial charge in [-0.1, -0.05) is 26.8 Å². The first-order valence-electron chi connectivity index (χ1n) is 8.62. The van der Waals surface area contributed by atoms with E-state index in [-0.39, 0.29) is 17.1 Å². The zero-order chi connectivity index (χ0) is 20.6. The molecule has 0 fully saturated rings. The molecule has 27 heavy (non-hydrogen) atoms. The molecule has 0 aliphatic carbocycles. The monoisotopic (exact) mass is 381 g/mol. The summed E-state index contributed by atoms with van der Waals surface area (Å²) in [6.07, 6.45) is 1.07. The molecule has 8 heteroatoms. The van der Waals surface area contributed by atoms with Crippen molar-refractivity contribution in [2.45, 2.75) is 33.6 Å². The Morgan fingerprint density at radius 3 is 2.30 bits per heavy atom. The maximum Gasteiger partial charge on any atom is 0.344 e. The second kappa shape index (κ2) is 10.4. The van der Waals surface area contributed by atoms with E-state index in [1.807, 2.05) is 13.8 Å². The van der Waals surface area contributed by atoms with Gasteiger partial charge >= 0.3 is 5.97 Å². The van der Waals surface area contributed by atoms with Crippen molar-refractivity contribution in [1.29, 1.82) is 0 Å². The summed E-state index contributed by atoms with van der Waals surface area (Å²) in [4.78, 5) is 28.4. The Balaban J connectivity index is 2.91. The molecule has 0 spiro atoms. The van der Waals surface area contributed by atoms with Crippen molar-refractivity contribution >= 4 is 17.6 Å². The van der Waals surface area contributed by atoms with Crippen molar-refractivity contribution in [3.63, 3.8) is 0 Å². The summed E-state index contributed by atoms with van der Waals surface area (Å²) in [6.45, 7) is 5.30. The number of nitrogens with two attached hydrogens (primary N) is 2. The highest BCUT2D eigenvalue weighted by atomic mass is 19.1. The first-order chi connectivity index (χ1) is 12.7. The number of ketones is 1. The average molecular weight is 381 g/mol. The van der Waals surface area contributed by atoms with Crippen molar-refractivity contribution in [2.24, 2.45) is 22.4 Å². The van der Waals surface area contributed by atoms with E-state index in [1.54, 1.807) is 6.92 Å². The number of allylic oxidation sites excluding steroid dienone is 1. The smallest absolute Gasteiger partial charge is 0.344 e. The number of Topliss-reactive ketones (excluding diaryl/α,β-unsaturated/α-hetero) is 1. The minimum atomic E-state index is -1.03. The van der Waals surface area contributed by atoms with Crippen LogP contribution in [0, 0.1) is 17.6 Å². The van der Waals surface area contributed by atoms with E-state index in [2.05, 4.69) is 4.99 Å². The normalized spacial score (nSPS) is 12.7. The third-order valence-corrected chi connectivity index (χ3v) is 3.73. The van der Waals surface area contributed by atoms with Crippen molar-refractivity contribution in [3.8, 4) is 0 Å². The molecule has 0 heterocycles. The number of hydrogen-bond acceptors (Lipinski definition) is 5. The largest absolute Gasteiger partial charge is 0.454 e. The van der Waals surface area contributed by atoms with Gasteiger partial charge < -0.3 is 16.2 Å². The zero-order valence-electron chi connectivity index (χ0n) is 15.7. The number of esters is 1. The molecule has 0 amide bonds. The molecule has 1 rings (SSSR count). The van der Waals surface area contributed by atoms with Gasteiger partial charge in [0.1, 0.15) is 23.0 Å². The molecule has 0 atom stereocenters. The minimum Gasteiger partial charge on any atom is -0.454 e. The molecule has 0 saturated heterocycles. The Kier molecular flexibility index (Phi) is 8.58. The third kappa shape index (κ3) is 6.47. The van der Waals surface area contributed by atoms with Crippen LogP contribution in [0.2, 0.25) is 0 Å². The quantitative estimate of drug-likeness (QED) is 0.225. The molecule has 148 valence electrons. The summed E-state index contributed by atoms with van der Waals surface area (Å²) in [5, 5.41) is 0. The van der Waals surface area contributed by atoms with Gasteiger partial charge in [0.05, 0.1) is 5.56 Å². The summed E-state index contributed by atoms with van der Waals surface area (Å²) < 4.78 is 32.1. The maximum atomic E-state index is 13.6. The van der Waals surface area contributed by atoms with Crippen molar-refractivity contribution in [1.82, 2.24) is 0 Å². The number of amidine groups is 1. The van der Waals surface area contributed by atoms with Gasteiger partial charge in [-0.2, -0.15) is 0 Å². The highest BCUT2D eigenvalue weighted by molar-refractivity contribution is 6.19. The van der Waals surface area contributed by atoms with Crippen LogP contribution in [-0.4, -0.2) is 30.7 Å². The van der Waals surface area contributed by atoms with E-state index < -0.39 is 35.6 Å². The van der Waals surface area contributed by atoms with Gasteiger partial charge in [0, 0.05) is 12.2 Å². The average Bonchev–Trinajstić information content (AvgIpc) is 2.59. The Hall–Kier alpha value is -2.77. The van der Waals surface area contributed by atoms with Crippen LogP contribution < -0.4 is 11.5 Å². The van der Waals surface area contributed by atoms with E-state index in [1.165, 1.54) is 0 Å². The van der Waals surface area contributed by atoms with Gasteiger partial charge in [0.2, 0.25) is 5.78 Å². The predicted octanol–water partition coefficient (Wildman–Crippen LogP) is 2.72. The molecular formula is C19H25F2N3O3. The van der Waals surface area contributed by atoms with Crippen LogP contribution in [0.5, 0.6) is 0 Å². The number of aliphatic imine (C=N–C) groups is 1. The molecule has 0 aliphatic heterocycles. The van der Waals surface area contributed by atoms with Gasteiger partial charge in [-0.15, -0.1) is 0 Å². The highest BCUT2D eigenvalue weighted by Crippen LogP contribution is 2.14. The Morgan fingerprint density at radius 2 is 1.78 bits per heavy atom. The first-order valence-corrected chi connectivity index (χ1v) is 8.62. The number of halogens is 2. The second-order valence-corrected chi connectivity index (χ2v) is 6.30. The van der Waals surface area contributed by atoms with Crippen molar-refractivity contribution < 1.29 is 23.1 Å². The van der Waals surface area contributed by atoms with Crippen molar-refractivity contribution in [2.75, 3.05) is 13.2 Å². The molecule has 0 aliphatic rings. The fourth-order valence-electron chi connectivity index (χ4n) is 2.14. The predicted molar refractivity (Wildman–Crippen MR) is 99.1 cm³/mol. The molecule has 6 nitrogen and oxygen atoms in total. The van der Waals surface area contributed by atoms with Crippen LogP contribution in [0.4, 0.5) is 8.78 Å². The van der Waals surface area contributed by atoms with Crippen LogP contribution in [0.15, 0.2) is 34.5 Å². The number of nitrogens with zero attached hydrogens (tertiary/aromatic N) is 1. The summed E-state index contributed by atoms with van der Waals surface area (Å²) in [6, 6.07) is 3.01. The number of carbonyl (C=O) groups is 2.